The number of nitro benzene ring substituents is 1. The van der Waals surface area contributed by atoms with E-state index in [0.29, 0.717) is 6.07 Å². The third-order valence-electron chi connectivity index (χ3n) is 2.78. The fraction of sp³-hybridized carbons (Fsp3) is 0.364. The molecule has 20 heavy (non-hydrogen) atoms. The number of benzene rings is 1. The van der Waals surface area contributed by atoms with Crippen molar-refractivity contribution in [2.45, 2.75) is 24.3 Å². The molecule has 1 unspecified atom stereocenters. The zero-order valence-electron chi connectivity index (χ0n) is 10.8. The van der Waals surface area contributed by atoms with E-state index in [1.807, 2.05) is 6.07 Å². The number of sulfonamides is 1. The third kappa shape index (κ3) is 3.09. The Labute approximate surface area is 115 Å². The number of nitro groups is 1. The van der Waals surface area contributed by atoms with Crippen LogP contribution in [0.15, 0.2) is 23.1 Å². The number of hydrogen-bond donors (Lipinski definition) is 0. The topological polar surface area (TPSA) is 104 Å². The summed E-state index contributed by atoms with van der Waals surface area (Å²) in [4.78, 5) is 9.28. The molecular formula is C11H12FN3O4S. The largest absolute Gasteiger partial charge is 0.292 e. The van der Waals surface area contributed by atoms with Gasteiger partial charge in [-0.25, -0.2) is 12.8 Å². The number of rotatable bonds is 5. The van der Waals surface area contributed by atoms with Gasteiger partial charge in [-0.15, -0.1) is 0 Å². The summed E-state index contributed by atoms with van der Waals surface area (Å²) in [5.41, 5.74) is -0.832. The highest BCUT2D eigenvalue weighted by Gasteiger charge is 2.32. The summed E-state index contributed by atoms with van der Waals surface area (Å²) < 4.78 is 38.4. The fourth-order valence-electron chi connectivity index (χ4n) is 1.50. The molecule has 0 aromatic heterocycles. The number of hydrogen-bond acceptors (Lipinski definition) is 5. The summed E-state index contributed by atoms with van der Waals surface area (Å²) in [5, 5.41) is 19.4. The predicted octanol–water partition coefficient (Wildman–Crippen LogP) is 1.66. The van der Waals surface area contributed by atoms with E-state index in [2.05, 4.69) is 0 Å². The summed E-state index contributed by atoms with van der Waals surface area (Å²) in [6.07, 6.45) is -0.0648. The lowest BCUT2D eigenvalue weighted by Gasteiger charge is -2.22. The molecule has 0 heterocycles. The molecule has 1 aromatic rings. The van der Waals surface area contributed by atoms with Gasteiger partial charge < -0.3 is 0 Å². The maximum absolute atomic E-state index is 13.0. The van der Waals surface area contributed by atoms with E-state index in [-0.39, 0.29) is 6.42 Å². The Morgan fingerprint density at radius 1 is 1.55 bits per heavy atom. The minimum atomic E-state index is -4.18. The van der Waals surface area contributed by atoms with Crippen LogP contribution in [0.3, 0.4) is 0 Å². The lowest BCUT2D eigenvalue weighted by Crippen LogP contribution is -2.35. The quantitative estimate of drug-likeness (QED) is 0.607. The Hall–Kier alpha value is -2.05. The zero-order valence-corrected chi connectivity index (χ0v) is 11.6. The summed E-state index contributed by atoms with van der Waals surface area (Å²) in [7, 11) is -2.97. The first kappa shape index (κ1) is 16.0. The van der Waals surface area contributed by atoms with E-state index in [1.54, 1.807) is 0 Å². The maximum Gasteiger partial charge on any atom is 0.292 e. The zero-order chi connectivity index (χ0) is 15.5. The van der Waals surface area contributed by atoms with Crippen LogP contribution in [-0.2, 0) is 10.0 Å². The van der Waals surface area contributed by atoms with Crippen molar-refractivity contribution < 1.29 is 17.7 Å². The molecule has 1 atom stereocenters. The second-order valence-corrected chi connectivity index (χ2v) is 6.07. The SMILES string of the molecule is CC(CC#N)N(C)S(=O)(=O)c1ccc(F)cc1[N+](=O)[O-]. The second-order valence-electron chi connectivity index (χ2n) is 4.10. The first-order chi connectivity index (χ1) is 9.21. The molecule has 1 aromatic carbocycles. The van der Waals surface area contributed by atoms with Crippen molar-refractivity contribution in [1.82, 2.24) is 4.31 Å². The van der Waals surface area contributed by atoms with Gasteiger partial charge in [-0.1, -0.05) is 0 Å². The van der Waals surface area contributed by atoms with Crippen LogP contribution in [0.5, 0.6) is 0 Å². The van der Waals surface area contributed by atoms with Crippen LogP contribution in [0.25, 0.3) is 0 Å². The maximum atomic E-state index is 13.0. The molecule has 0 aliphatic rings. The minimum Gasteiger partial charge on any atom is -0.258 e. The van der Waals surface area contributed by atoms with E-state index in [1.165, 1.54) is 14.0 Å². The highest BCUT2D eigenvalue weighted by Crippen LogP contribution is 2.28. The molecule has 0 saturated heterocycles. The highest BCUT2D eigenvalue weighted by atomic mass is 32.2. The van der Waals surface area contributed by atoms with Crippen molar-refractivity contribution >= 4 is 15.7 Å². The van der Waals surface area contributed by atoms with E-state index in [0.717, 1.165) is 16.4 Å². The molecule has 0 radical (unpaired) electrons. The van der Waals surface area contributed by atoms with Crippen molar-refractivity contribution in [3.63, 3.8) is 0 Å². The van der Waals surface area contributed by atoms with Crippen molar-refractivity contribution in [2.75, 3.05) is 7.05 Å². The fourth-order valence-corrected chi connectivity index (χ4v) is 3.00. The summed E-state index contributed by atoms with van der Waals surface area (Å²) in [5.74, 6) is -0.900. The molecule has 1 rings (SSSR count). The number of nitriles is 1. The number of halogens is 1. The molecule has 0 aliphatic heterocycles. The lowest BCUT2D eigenvalue weighted by molar-refractivity contribution is -0.388. The van der Waals surface area contributed by atoms with Crippen LogP contribution in [0.4, 0.5) is 10.1 Å². The predicted molar refractivity (Wildman–Crippen MR) is 67.7 cm³/mol. The molecule has 0 aliphatic carbocycles. The average Bonchev–Trinajstić information content (AvgIpc) is 2.37. The van der Waals surface area contributed by atoms with Gasteiger partial charge in [-0.05, 0) is 19.1 Å². The van der Waals surface area contributed by atoms with E-state index in [4.69, 9.17) is 5.26 Å². The monoisotopic (exact) mass is 301 g/mol. The van der Waals surface area contributed by atoms with Gasteiger partial charge in [0.05, 0.1) is 23.5 Å². The minimum absolute atomic E-state index is 0.0648. The van der Waals surface area contributed by atoms with Crippen molar-refractivity contribution in [3.8, 4) is 6.07 Å². The Kier molecular flexibility index (Phi) is 4.75. The number of nitrogens with zero attached hydrogens (tertiary/aromatic N) is 3. The van der Waals surface area contributed by atoms with Gasteiger partial charge in [0, 0.05) is 13.1 Å². The van der Waals surface area contributed by atoms with E-state index < -0.39 is 37.4 Å². The summed E-state index contributed by atoms with van der Waals surface area (Å²) >= 11 is 0. The van der Waals surface area contributed by atoms with Gasteiger partial charge >= 0.3 is 0 Å². The summed E-state index contributed by atoms with van der Waals surface area (Å²) in [6, 6.07) is 3.39. The standard InChI is InChI=1S/C11H12FN3O4S/c1-8(5-6-13)14(2)20(18,19)11-4-3-9(12)7-10(11)15(16)17/h3-4,7-8H,5H2,1-2H3. The van der Waals surface area contributed by atoms with Crippen LogP contribution >= 0.6 is 0 Å². The van der Waals surface area contributed by atoms with Gasteiger partial charge in [0.25, 0.3) is 5.69 Å². The van der Waals surface area contributed by atoms with E-state index >= 15 is 0 Å². The molecule has 0 spiro atoms. The molecule has 0 fully saturated rings. The Morgan fingerprint density at radius 3 is 2.65 bits per heavy atom. The first-order valence-corrected chi connectivity index (χ1v) is 6.94. The van der Waals surface area contributed by atoms with Gasteiger partial charge in [0.1, 0.15) is 5.82 Å². The Bertz CT molecular complexity index is 669. The second kappa shape index (κ2) is 5.94. The first-order valence-electron chi connectivity index (χ1n) is 5.50. The Balaban J connectivity index is 3.36. The molecular weight excluding hydrogens is 289 g/mol. The third-order valence-corrected chi connectivity index (χ3v) is 4.80. The normalized spacial score (nSPS) is 12.9. The van der Waals surface area contributed by atoms with Crippen LogP contribution in [0.1, 0.15) is 13.3 Å². The van der Waals surface area contributed by atoms with Crippen LogP contribution < -0.4 is 0 Å². The van der Waals surface area contributed by atoms with Crippen molar-refractivity contribution in [3.05, 3.63) is 34.1 Å². The van der Waals surface area contributed by atoms with Crippen LogP contribution in [-0.4, -0.2) is 30.7 Å². The molecule has 108 valence electrons. The van der Waals surface area contributed by atoms with Crippen molar-refractivity contribution in [2.24, 2.45) is 0 Å². The molecule has 0 saturated carbocycles. The van der Waals surface area contributed by atoms with Gasteiger partial charge in [-0.3, -0.25) is 10.1 Å². The molecule has 0 amide bonds. The van der Waals surface area contributed by atoms with Gasteiger partial charge in [-0.2, -0.15) is 9.57 Å². The smallest absolute Gasteiger partial charge is 0.258 e. The van der Waals surface area contributed by atoms with E-state index in [9.17, 15) is 22.9 Å². The average molecular weight is 301 g/mol. The van der Waals surface area contributed by atoms with Gasteiger partial charge in [0.2, 0.25) is 10.0 Å². The molecule has 9 heteroatoms. The lowest BCUT2D eigenvalue weighted by atomic mass is 10.3. The van der Waals surface area contributed by atoms with Gasteiger partial charge in [0.15, 0.2) is 4.90 Å². The van der Waals surface area contributed by atoms with Crippen molar-refractivity contribution in [1.29, 1.82) is 5.26 Å². The highest BCUT2D eigenvalue weighted by molar-refractivity contribution is 7.89. The molecule has 0 bridgehead atoms. The molecule has 7 nitrogen and oxygen atoms in total. The summed E-state index contributed by atoms with van der Waals surface area (Å²) in [6.45, 7) is 1.50. The van der Waals surface area contributed by atoms with Crippen LogP contribution in [0.2, 0.25) is 0 Å². The van der Waals surface area contributed by atoms with Crippen LogP contribution in [0, 0.1) is 27.3 Å². The Morgan fingerprint density at radius 2 is 2.15 bits per heavy atom. The molecule has 0 N–H and O–H groups in total.